The van der Waals surface area contributed by atoms with Gasteiger partial charge in [0.05, 0.1) is 6.61 Å². The van der Waals surface area contributed by atoms with Crippen LogP contribution in [-0.4, -0.2) is 31.8 Å². The maximum absolute atomic E-state index is 5.11. The maximum Gasteiger partial charge on any atom is 0.0553 e. The van der Waals surface area contributed by atoms with Crippen LogP contribution in [0.15, 0.2) is 30.3 Å². The quantitative estimate of drug-likeness (QED) is 0.719. The van der Waals surface area contributed by atoms with E-state index in [9.17, 15) is 0 Å². The first-order valence-corrected chi connectivity index (χ1v) is 7.21. The smallest absolute Gasteiger partial charge is 0.0553 e. The Morgan fingerprint density at radius 1 is 1.29 bits per heavy atom. The molecule has 0 fully saturated rings. The molecule has 0 saturated heterocycles. The molecule has 1 aromatic carbocycles. The van der Waals surface area contributed by atoms with Crippen LogP contribution in [0.5, 0.6) is 0 Å². The molecule has 2 atom stereocenters. The molecule has 0 saturated carbocycles. The molecule has 0 spiro atoms. The van der Waals surface area contributed by atoms with Crippen LogP contribution in [0.4, 0.5) is 0 Å². The third-order valence-corrected chi connectivity index (χ3v) is 4.30. The van der Waals surface area contributed by atoms with Gasteiger partial charge in [0.1, 0.15) is 0 Å². The largest absolute Gasteiger partial charge is 0.384 e. The van der Waals surface area contributed by atoms with Crippen molar-refractivity contribution in [2.24, 2.45) is 0 Å². The van der Waals surface area contributed by atoms with Crippen LogP contribution >= 0.6 is 11.8 Å². The van der Waals surface area contributed by atoms with Gasteiger partial charge in [-0.25, -0.2) is 0 Å². The van der Waals surface area contributed by atoms with Gasteiger partial charge >= 0.3 is 0 Å². The summed E-state index contributed by atoms with van der Waals surface area (Å²) in [6.45, 7) is 3.07. The van der Waals surface area contributed by atoms with Crippen molar-refractivity contribution in [2.45, 2.75) is 24.6 Å². The van der Waals surface area contributed by atoms with E-state index in [1.807, 2.05) is 18.8 Å². The fourth-order valence-electron chi connectivity index (χ4n) is 1.96. The molecule has 0 heterocycles. The van der Waals surface area contributed by atoms with E-state index in [4.69, 9.17) is 4.74 Å². The van der Waals surface area contributed by atoms with Crippen molar-refractivity contribution >= 4 is 11.8 Å². The summed E-state index contributed by atoms with van der Waals surface area (Å²) in [5.74, 6) is 1.06. The van der Waals surface area contributed by atoms with Crippen LogP contribution in [-0.2, 0) is 4.74 Å². The normalized spacial score (nSPS) is 14.5. The molecular weight excluding hydrogens is 230 g/mol. The minimum atomic E-state index is 0.419. The highest BCUT2D eigenvalue weighted by Crippen LogP contribution is 2.28. The molecule has 96 valence electrons. The van der Waals surface area contributed by atoms with E-state index in [-0.39, 0.29) is 0 Å². The van der Waals surface area contributed by atoms with E-state index in [1.165, 1.54) is 5.56 Å². The molecule has 0 aliphatic carbocycles. The van der Waals surface area contributed by atoms with Gasteiger partial charge in [-0.3, -0.25) is 0 Å². The van der Waals surface area contributed by atoms with E-state index in [0.29, 0.717) is 11.3 Å². The van der Waals surface area contributed by atoms with Crippen molar-refractivity contribution in [3.63, 3.8) is 0 Å². The molecule has 0 bridgehead atoms. The number of hydrogen-bond donors (Lipinski definition) is 1. The van der Waals surface area contributed by atoms with E-state index in [1.54, 1.807) is 7.11 Å². The summed E-state index contributed by atoms with van der Waals surface area (Å²) in [5, 5.41) is 4.03. The minimum Gasteiger partial charge on any atom is -0.384 e. The van der Waals surface area contributed by atoms with Crippen LogP contribution in [0.3, 0.4) is 0 Å². The monoisotopic (exact) mass is 253 g/mol. The Labute approximate surface area is 109 Å². The second kappa shape index (κ2) is 8.56. The number of hydrogen-bond acceptors (Lipinski definition) is 3. The van der Waals surface area contributed by atoms with Crippen molar-refractivity contribution < 1.29 is 4.74 Å². The SMILES string of the molecule is CCC(SCCOC)C(NC)c1ccccc1. The van der Waals surface area contributed by atoms with E-state index in [2.05, 4.69) is 42.6 Å². The number of benzene rings is 1. The zero-order valence-corrected chi connectivity index (χ0v) is 11.8. The summed E-state index contributed by atoms with van der Waals surface area (Å²) >= 11 is 1.99. The lowest BCUT2D eigenvalue weighted by Gasteiger charge is -2.26. The summed E-state index contributed by atoms with van der Waals surface area (Å²) in [6, 6.07) is 11.1. The van der Waals surface area contributed by atoms with Gasteiger partial charge in [-0.15, -0.1) is 0 Å². The number of ether oxygens (including phenoxy) is 1. The number of methoxy groups -OCH3 is 1. The molecule has 2 nitrogen and oxygen atoms in total. The summed E-state index contributed by atoms with van der Waals surface area (Å²) < 4.78 is 5.11. The first kappa shape index (κ1) is 14.6. The minimum absolute atomic E-state index is 0.419. The van der Waals surface area contributed by atoms with Gasteiger partial charge in [0.25, 0.3) is 0 Å². The molecule has 1 rings (SSSR count). The standard InChI is InChI=1S/C14H23NOS/c1-4-13(17-11-10-16-3)14(15-2)12-8-6-5-7-9-12/h5-9,13-15H,4,10-11H2,1-3H3. The van der Waals surface area contributed by atoms with Crippen molar-refractivity contribution in [3.05, 3.63) is 35.9 Å². The lowest BCUT2D eigenvalue weighted by Crippen LogP contribution is -2.27. The van der Waals surface area contributed by atoms with Crippen molar-refractivity contribution in [2.75, 3.05) is 26.5 Å². The Morgan fingerprint density at radius 2 is 2.00 bits per heavy atom. The maximum atomic E-state index is 5.11. The number of thioether (sulfide) groups is 1. The second-order valence-corrected chi connectivity index (χ2v) is 5.33. The Morgan fingerprint density at radius 3 is 2.53 bits per heavy atom. The average molecular weight is 253 g/mol. The van der Waals surface area contributed by atoms with Gasteiger partial charge in [0.2, 0.25) is 0 Å². The molecular formula is C14H23NOS. The third-order valence-electron chi connectivity index (χ3n) is 2.86. The highest BCUT2D eigenvalue weighted by Gasteiger charge is 2.19. The van der Waals surface area contributed by atoms with Crippen LogP contribution < -0.4 is 5.32 Å². The highest BCUT2D eigenvalue weighted by molar-refractivity contribution is 7.99. The van der Waals surface area contributed by atoms with E-state index >= 15 is 0 Å². The molecule has 2 unspecified atom stereocenters. The molecule has 0 aliphatic rings. The molecule has 0 aliphatic heterocycles. The van der Waals surface area contributed by atoms with Crippen molar-refractivity contribution in [3.8, 4) is 0 Å². The van der Waals surface area contributed by atoms with Crippen molar-refractivity contribution in [1.82, 2.24) is 5.32 Å². The summed E-state index contributed by atoms with van der Waals surface area (Å²) in [5.41, 5.74) is 1.37. The Balaban J connectivity index is 2.63. The third kappa shape index (κ3) is 4.70. The molecule has 0 radical (unpaired) electrons. The lowest BCUT2D eigenvalue weighted by molar-refractivity contribution is 0.218. The topological polar surface area (TPSA) is 21.3 Å². The van der Waals surface area contributed by atoms with E-state index < -0.39 is 0 Å². The predicted molar refractivity (Wildman–Crippen MR) is 76.7 cm³/mol. The fourth-order valence-corrected chi connectivity index (χ4v) is 3.25. The van der Waals surface area contributed by atoms with Gasteiger partial charge < -0.3 is 10.1 Å². The Bertz CT molecular complexity index is 292. The molecule has 1 aromatic rings. The van der Waals surface area contributed by atoms with Crippen LogP contribution in [0.1, 0.15) is 24.9 Å². The number of nitrogens with one attached hydrogen (secondary N) is 1. The van der Waals surface area contributed by atoms with Crippen LogP contribution in [0.2, 0.25) is 0 Å². The van der Waals surface area contributed by atoms with Crippen LogP contribution in [0.25, 0.3) is 0 Å². The van der Waals surface area contributed by atoms with Gasteiger partial charge in [0.15, 0.2) is 0 Å². The van der Waals surface area contributed by atoms with Gasteiger partial charge in [-0.1, -0.05) is 37.3 Å². The predicted octanol–water partition coefficient (Wildman–Crippen LogP) is 3.11. The summed E-state index contributed by atoms with van der Waals surface area (Å²) in [6.07, 6.45) is 1.16. The fraction of sp³-hybridized carbons (Fsp3) is 0.571. The zero-order valence-electron chi connectivity index (χ0n) is 11.0. The molecule has 3 heteroatoms. The average Bonchev–Trinajstić information content (AvgIpc) is 2.39. The zero-order chi connectivity index (χ0) is 12.5. The Hall–Kier alpha value is -0.510. The lowest BCUT2D eigenvalue weighted by atomic mass is 10.0. The summed E-state index contributed by atoms with van der Waals surface area (Å²) in [4.78, 5) is 0. The van der Waals surface area contributed by atoms with Crippen LogP contribution in [0, 0.1) is 0 Å². The molecule has 1 N–H and O–H groups in total. The van der Waals surface area contributed by atoms with E-state index in [0.717, 1.165) is 18.8 Å². The van der Waals surface area contributed by atoms with Gasteiger partial charge in [-0.05, 0) is 19.0 Å². The first-order chi connectivity index (χ1) is 8.33. The first-order valence-electron chi connectivity index (χ1n) is 6.16. The second-order valence-electron chi connectivity index (χ2n) is 3.99. The van der Waals surface area contributed by atoms with Gasteiger partial charge in [0, 0.05) is 24.2 Å². The molecule has 0 amide bonds. The van der Waals surface area contributed by atoms with Gasteiger partial charge in [-0.2, -0.15) is 11.8 Å². The highest BCUT2D eigenvalue weighted by atomic mass is 32.2. The summed E-state index contributed by atoms with van der Waals surface area (Å²) in [7, 11) is 3.80. The molecule has 0 aromatic heterocycles. The van der Waals surface area contributed by atoms with Crippen molar-refractivity contribution in [1.29, 1.82) is 0 Å². The molecule has 17 heavy (non-hydrogen) atoms. The Kier molecular flexibility index (Phi) is 7.33. The number of rotatable bonds is 8.